The van der Waals surface area contributed by atoms with Crippen LogP contribution in [0.5, 0.6) is 0 Å². The molecule has 0 unspecified atom stereocenters. The molecular weight excluding hydrogens is 442 g/mol. The summed E-state index contributed by atoms with van der Waals surface area (Å²) in [6, 6.07) is 25.0. The highest BCUT2D eigenvalue weighted by Gasteiger charge is 2.20. The van der Waals surface area contributed by atoms with Gasteiger partial charge in [0.1, 0.15) is 0 Å². The Morgan fingerprint density at radius 3 is 1.55 bits per heavy atom. The fourth-order valence-corrected chi connectivity index (χ4v) is 6.33. The van der Waals surface area contributed by atoms with Crippen molar-refractivity contribution in [2.75, 3.05) is 0 Å². The van der Waals surface area contributed by atoms with Gasteiger partial charge in [-0.25, -0.2) is 0 Å². The minimum Gasteiger partial charge on any atom is -0.0843 e. The van der Waals surface area contributed by atoms with E-state index in [9.17, 15) is 0 Å². The van der Waals surface area contributed by atoms with Crippen LogP contribution in [0.15, 0.2) is 81.7 Å². The Bertz CT molecular complexity index is 742. The minimum absolute atomic E-state index is 0.652. The molecule has 0 atom stereocenters. The molecule has 0 amide bonds. The van der Waals surface area contributed by atoms with Gasteiger partial charge in [-0.15, -0.1) is 0 Å². The van der Waals surface area contributed by atoms with Crippen LogP contribution in [0.3, 0.4) is 0 Å². The van der Waals surface area contributed by atoms with Crippen LogP contribution < -0.4 is 15.9 Å². The topological polar surface area (TPSA) is 0 Å². The van der Waals surface area contributed by atoms with Gasteiger partial charge in [-0.05, 0) is 48.1 Å². The molecule has 0 N–H and O–H groups in total. The predicted molar refractivity (Wildman–Crippen MR) is 106 cm³/mol. The van der Waals surface area contributed by atoms with Gasteiger partial charge in [-0.3, -0.25) is 0 Å². The van der Waals surface area contributed by atoms with Crippen molar-refractivity contribution in [3.05, 3.63) is 86.8 Å². The lowest BCUT2D eigenvalue weighted by Gasteiger charge is -2.21. The van der Waals surface area contributed by atoms with Crippen molar-refractivity contribution >= 4 is 67.3 Å². The Morgan fingerprint density at radius 2 is 1.09 bits per heavy atom. The second-order valence-electron chi connectivity index (χ2n) is 4.71. The molecule has 3 aromatic carbocycles. The van der Waals surface area contributed by atoms with E-state index in [4.69, 9.17) is 11.6 Å². The third-order valence-electron chi connectivity index (χ3n) is 3.27. The average molecular weight is 455 g/mol. The number of hydrogen-bond donors (Lipinski definition) is 0. The highest BCUT2D eigenvalue weighted by atomic mass is 79.9. The molecule has 3 aromatic rings. The first-order valence-corrected chi connectivity index (χ1v) is 10.0. The minimum atomic E-state index is -0.652. The van der Waals surface area contributed by atoms with Gasteiger partial charge in [-0.2, -0.15) is 0 Å². The molecule has 0 nitrogen and oxygen atoms in total. The molecule has 4 heteroatoms. The van der Waals surface area contributed by atoms with Gasteiger partial charge < -0.3 is 0 Å². The fraction of sp³-hybridized carbons (Fsp3) is 0. The van der Waals surface area contributed by atoms with Crippen LogP contribution in [0.4, 0.5) is 0 Å². The Balaban J connectivity index is 2.21. The van der Waals surface area contributed by atoms with Crippen molar-refractivity contribution in [2.24, 2.45) is 0 Å². The van der Waals surface area contributed by atoms with Crippen molar-refractivity contribution in [3.8, 4) is 0 Å². The molecule has 0 aliphatic rings. The van der Waals surface area contributed by atoms with Gasteiger partial charge in [0.05, 0.1) is 0 Å². The SMILES string of the molecule is Clc1ccc(P(c2ccccc2Br)c2ccccc2Br)cc1. The highest BCUT2D eigenvalue weighted by molar-refractivity contribution is 9.11. The van der Waals surface area contributed by atoms with Crippen LogP contribution in [0.25, 0.3) is 0 Å². The van der Waals surface area contributed by atoms with Crippen molar-refractivity contribution < 1.29 is 0 Å². The van der Waals surface area contributed by atoms with E-state index in [1.54, 1.807) is 0 Å². The Kier molecular flexibility index (Phi) is 5.36. The van der Waals surface area contributed by atoms with Gasteiger partial charge in [0.15, 0.2) is 0 Å². The zero-order valence-electron chi connectivity index (χ0n) is 11.5. The van der Waals surface area contributed by atoms with E-state index in [-0.39, 0.29) is 0 Å². The standard InChI is InChI=1S/C18H12Br2ClP/c19-15-5-1-3-7-17(15)22(14-11-9-13(21)10-12-14)18-8-4-2-6-16(18)20/h1-12H. The first-order valence-electron chi connectivity index (χ1n) is 6.71. The molecule has 0 saturated heterocycles. The van der Waals surface area contributed by atoms with Crippen molar-refractivity contribution in [1.82, 2.24) is 0 Å². The number of rotatable bonds is 3. The zero-order valence-corrected chi connectivity index (χ0v) is 16.3. The summed E-state index contributed by atoms with van der Waals surface area (Å²) in [4.78, 5) is 0. The summed E-state index contributed by atoms with van der Waals surface area (Å²) in [6.45, 7) is 0. The van der Waals surface area contributed by atoms with Gasteiger partial charge in [0, 0.05) is 14.0 Å². The van der Waals surface area contributed by atoms with Gasteiger partial charge in [0.25, 0.3) is 0 Å². The van der Waals surface area contributed by atoms with E-state index in [2.05, 4.69) is 80.4 Å². The monoisotopic (exact) mass is 452 g/mol. The lowest BCUT2D eigenvalue weighted by molar-refractivity contribution is 1.69. The van der Waals surface area contributed by atoms with Crippen molar-refractivity contribution in [2.45, 2.75) is 0 Å². The summed E-state index contributed by atoms with van der Waals surface area (Å²) in [6.07, 6.45) is 0. The third kappa shape index (κ3) is 3.46. The van der Waals surface area contributed by atoms with Gasteiger partial charge in [0.2, 0.25) is 0 Å². The van der Waals surface area contributed by atoms with E-state index < -0.39 is 7.92 Å². The van der Waals surface area contributed by atoms with E-state index in [0.717, 1.165) is 14.0 Å². The van der Waals surface area contributed by atoms with Crippen LogP contribution in [-0.2, 0) is 0 Å². The molecule has 0 spiro atoms. The lowest BCUT2D eigenvalue weighted by Crippen LogP contribution is -2.22. The predicted octanol–water partition coefficient (Wildman–Crippen LogP) is 5.62. The Labute approximate surface area is 153 Å². The fourth-order valence-electron chi connectivity index (χ4n) is 2.26. The van der Waals surface area contributed by atoms with Crippen molar-refractivity contribution in [1.29, 1.82) is 0 Å². The Hall–Kier alpha value is -0.660. The summed E-state index contributed by atoms with van der Waals surface area (Å²) in [5.41, 5.74) is 0. The van der Waals surface area contributed by atoms with Crippen LogP contribution in [0.2, 0.25) is 5.02 Å². The maximum Gasteiger partial charge on any atom is 0.0406 e. The first kappa shape index (κ1) is 16.2. The molecule has 0 saturated carbocycles. The van der Waals surface area contributed by atoms with E-state index in [0.29, 0.717) is 0 Å². The van der Waals surface area contributed by atoms with Crippen LogP contribution in [-0.4, -0.2) is 0 Å². The summed E-state index contributed by atoms with van der Waals surface area (Å²) in [7, 11) is -0.652. The second kappa shape index (κ2) is 7.27. The normalized spacial score (nSPS) is 10.9. The molecule has 110 valence electrons. The largest absolute Gasteiger partial charge is 0.0843 e. The molecular formula is C18H12Br2ClP. The third-order valence-corrected chi connectivity index (χ3v) is 8.08. The van der Waals surface area contributed by atoms with Crippen molar-refractivity contribution in [3.63, 3.8) is 0 Å². The number of hydrogen-bond acceptors (Lipinski definition) is 0. The van der Waals surface area contributed by atoms with Crippen LogP contribution in [0, 0.1) is 0 Å². The molecule has 22 heavy (non-hydrogen) atoms. The highest BCUT2D eigenvalue weighted by Crippen LogP contribution is 2.38. The maximum absolute atomic E-state index is 6.06. The molecule has 3 rings (SSSR count). The quantitative estimate of drug-likeness (QED) is 0.451. The summed E-state index contributed by atoms with van der Waals surface area (Å²) >= 11 is 13.5. The molecule has 0 fully saturated rings. The average Bonchev–Trinajstić information content (AvgIpc) is 2.53. The van der Waals surface area contributed by atoms with E-state index in [1.807, 2.05) is 24.3 Å². The molecule has 0 aromatic heterocycles. The van der Waals surface area contributed by atoms with E-state index >= 15 is 0 Å². The summed E-state index contributed by atoms with van der Waals surface area (Å²) in [5, 5.41) is 4.63. The number of halogens is 3. The second-order valence-corrected chi connectivity index (χ2v) is 9.01. The zero-order chi connectivity index (χ0) is 15.5. The molecule has 0 radical (unpaired) electrons. The molecule has 0 bridgehead atoms. The van der Waals surface area contributed by atoms with E-state index in [1.165, 1.54) is 15.9 Å². The summed E-state index contributed by atoms with van der Waals surface area (Å²) in [5.74, 6) is 0. The Morgan fingerprint density at radius 1 is 0.636 bits per heavy atom. The maximum atomic E-state index is 6.06. The van der Waals surface area contributed by atoms with Crippen LogP contribution >= 0.6 is 51.4 Å². The molecule has 0 heterocycles. The van der Waals surface area contributed by atoms with Gasteiger partial charge in [-0.1, -0.05) is 92.0 Å². The summed E-state index contributed by atoms with van der Waals surface area (Å²) < 4.78 is 2.26. The lowest BCUT2D eigenvalue weighted by atomic mass is 10.3. The first-order chi connectivity index (χ1) is 10.7. The van der Waals surface area contributed by atoms with Gasteiger partial charge >= 0.3 is 0 Å². The molecule has 0 aliphatic carbocycles. The smallest absolute Gasteiger partial charge is 0.0406 e. The number of benzene rings is 3. The van der Waals surface area contributed by atoms with Crippen LogP contribution in [0.1, 0.15) is 0 Å². The molecule has 0 aliphatic heterocycles.